The van der Waals surface area contributed by atoms with Gasteiger partial charge in [0.05, 0.1) is 0 Å². The molecule has 0 atom stereocenters. The van der Waals surface area contributed by atoms with Crippen LogP contribution in [0.15, 0.2) is 29.2 Å². The molecule has 2 rings (SSSR count). The molecule has 4 heteroatoms. The van der Waals surface area contributed by atoms with Gasteiger partial charge in [-0.1, -0.05) is 25.3 Å². The molecule has 1 amide bonds. The third-order valence-electron chi connectivity index (χ3n) is 3.98. The fourth-order valence-corrected chi connectivity index (χ4v) is 2.71. The molecule has 0 saturated heterocycles. The summed E-state index contributed by atoms with van der Waals surface area (Å²) < 4.78 is 1.59. The molecular weight excluding hydrogens is 240 g/mol. The number of nitrogens with zero attached hydrogens (tertiary/aromatic N) is 2. The van der Waals surface area contributed by atoms with Gasteiger partial charge in [0.25, 0.3) is 5.56 Å². The predicted molar refractivity (Wildman–Crippen MR) is 75.0 cm³/mol. The van der Waals surface area contributed by atoms with Crippen LogP contribution in [0.2, 0.25) is 0 Å². The number of hydrogen-bond donors (Lipinski definition) is 0. The van der Waals surface area contributed by atoms with Gasteiger partial charge in [0.2, 0.25) is 5.91 Å². The quantitative estimate of drug-likeness (QED) is 0.833. The number of aromatic nitrogens is 1. The molecule has 1 fully saturated rings. The first-order chi connectivity index (χ1) is 9.18. The average molecular weight is 262 g/mol. The number of aryl methyl sites for hydroxylation is 1. The Morgan fingerprint density at radius 3 is 2.74 bits per heavy atom. The van der Waals surface area contributed by atoms with Crippen molar-refractivity contribution in [3.05, 3.63) is 34.7 Å². The van der Waals surface area contributed by atoms with Crippen molar-refractivity contribution in [2.45, 2.75) is 51.1 Å². The lowest BCUT2D eigenvalue weighted by molar-refractivity contribution is -0.132. The maximum absolute atomic E-state index is 12.1. The summed E-state index contributed by atoms with van der Waals surface area (Å²) in [6.07, 6.45) is 8.10. The van der Waals surface area contributed by atoms with Gasteiger partial charge in [0.1, 0.15) is 0 Å². The zero-order valence-corrected chi connectivity index (χ0v) is 11.5. The van der Waals surface area contributed by atoms with Gasteiger partial charge in [-0.25, -0.2) is 0 Å². The molecule has 0 aliphatic heterocycles. The van der Waals surface area contributed by atoms with E-state index < -0.39 is 0 Å². The van der Waals surface area contributed by atoms with Crippen molar-refractivity contribution in [1.82, 2.24) is 9.47 Å². The summed E-state index contributed by atoms with van der Waals surface area (Å²) in [6.45, 7) is 0.468. The molecule has 1 heterocycles. The Bertz CT molecular complexity index is 475. The Morgan fingerprint density at radius 2 is 2.05 bits per heavy atom. The SMILES string of the molecule is CN(C(=O)CCn1ccccc1=O)C1CCCCC1. The normalized spacial score (nSPS) is 16.3. The highest BCUT2D eigenvalue weighted by molar-refractivity contribution is 5.76. The van der Waals surface area contributed by atoms with E-state index in [1.54, 1.807) is 16.8 Å². The van der Waals surface area contributed by atoms with E-state index >= 15 is 0 Å². The number of pyridine rings is 1. The second-order valence-corrected chi connectivity index (χ2v) is 5.28. The van der Waals surface area contributed by atoms with E-state index in [-0.39, 0.29) is 11.5 Å². The summed E-state index contributed by atoms with van der Waals surface area (Å²) in [7, 11) is 1.89. The topological polar surface area (TPSA) is 42.3 Å². The number of hydrogen-bond acceptors (Lipinski definition) is 2. The van der Waals surface area contributed by atoms with Crippen molar-refractivity contribution in [1.29, 1.82) is 0 Å². The molecule has 1 aliphatic rings. The van der Waals surface area contributed by atoms with Gasteiger partial charge in [0, 0.05) is 38.3 Å². The lowest BCUT2D eigenvalue weighted by atomic mass is 9.94. The number of carbonyl (C=O) groups is 1. The minimum atomic E-state index is -0.0457. The molecule has 19 heavy (non-hydrogen) atoms. The molecule has 0 radical (unpaired) electrons. The second kappa shape index (κ2) is 6.55. The highest BCUT2D eigenvalue weighted by Gasteiger charge is 2.21. The van der Waals surface area contributed by atoms with E-state index in [0.29, 0.717) is 19.0 Å². The summed E-state index contributed by atoms with van der Waals surface area (Å²) in [4.78, 5) is 25.6. The van der Waals surface area contributed by atoms with Crippen molar-refractivity contribution in [2.24, 2.45) is 0 Å². The van der Waals surface area contributed by atoms with Gasteiger partial charge in [-0.2, -0.15) is 0 Å². The van der Waals surface area contributed by atoms with Crippen molar-refractivity contribution >= 4 is 5.91 Å². The van der Waals surface area contributed by atoms with Gasteiger partial charge >= 0.3 is 0 Å². The first kappa shape index (κ1) is 13.8. The number of carbonyl (C=O) groups excluding carboxylic acids is 1. The molecule has 1 saturated carbocycles. The van der Waals surface area contributed by atoms with Crippen LogP contribution >= 0.6 is 0 Å². The van der Waals surface area contributed by atoms with E-state index in [1.807, 2.05) is 18.0 Å². The molecule has 0 bridgehead atoms. The van der Waals surface area contributed by atoms with Gasteiger partial charge in [-0.15, -0.1) is 0 Å². The fourth-order valence-electron chi connectivity index (χ4n) is 2.71. The Labute approximate surface area is 114 Å². The monoisotopic (exact) mass is 262 g/mol. The van der Waals surface area contributed by atoms with Gasteiger partial charge < -0.3 is 9.47 Å². The minimum Gasteiger partial charge on any atom is -0.343 e. The first-order valence-corrected chi connectivity index (χ1v) is 7.09. The summed E-state index contributed by atoms with van der Waals surface area (Å²) in [5, 5.41) is 0. The van der Waals surface area contributed by atoms with Crippen LogP contribution < -0.4 is 5.56 Å². The Hall–Kier alpha value is -1.58. The van der Waals surface area contributed by atoms with E-state index in [2.05, 4.69) is 0 Å². The third-order valence-corrected chi connectivity index (χ3v) is 3.98. The molecule has 0 N–H and O–H groups in total. The summed E-state index contributed by atoms with van der Waals surface area (Å²) in [6, 6.07) is 5.45. The maximum Gasteiger partial charge on any atom is 0.250 e. The summed E-state index contributed by atoms with van der Waals surface area (Å²) >= 11 is 0. The van der Waals surface area contributed by atoms with Crippen LogP contribution in [0.25, 0.3) is 0 Å². The first-order valence-electron chi connectivity index (χ1n) is 7.09. The Morgan fingerprint density at radius 1 is 1.32 bits per heavy atom. The molecular formula is C15H22N2O2. The van der Waals surface area contributed by atoms with Crippen molar-refractivity contribution in [3.63, 3.8) is 0 Å². The van der Waals surface area contributed by atoms with Crippen LogP contribution in [-0.2, 0) is 11.3 Å². The second-order valence-electron chi connectivity index (χ2n) is 5.28. The third kappa shape index (κ3) is 3.69. The Kier molecular flexibility index (Phi) is 4.77. The molecule has 0 aromatic carbocycles. The van der Waals surface area contributed by atoms with E-state index in [4.69, 9.17) is 0 Å². The summed E-state index contributed by atoms with van der Waals surface area (Å²) in [5.41, 5.74) is -0.0457. The van der Waals surface area contributed by atoms with Crippen molar-refractivity contribution < 1.29 is 4.79 Å². The molecule has 1 aromatic rings. The van der Waals surface area contributed by atoms with Crippen molar-refractivity contribution in [2.75, 3.05) is 7.05 Å². The highest BCUT2D eigenvalue weighted by atomic mass is 16.2. The molecule has 1 aromatic heterocycles. The van der Waals surface area contributed by atoms with Crippen LogP contribution in [-0.4, -0.2) is 28.5 Å². The average Bonchev–Trinajstić information content (AvgIpc) is 2.46. The minimum absolute atomic E-state index is 0.0457. The largest absolute Gasteiger partial charge is 0.343 e. The van der Waals surface area contributed by atoms with Crippen LogP contribution in [0, 0.1) is 0 Å². The maximum atomic E-state index is 12.1. The highest BCUT2D eigenvalue weighted by Crippen LogP contribution is 2.21. The van der Waals surface area contributed by atoms with E-state index in [0.717, 1.165) is 12.8 Å². The van der Waals surface area contributed by atoms with Gasteiger partial charge in [-0.05, 0) is 18.9 Å². The molecule has 1 aliphatic carbocycles. The zero-order chi connectivity index (χ0) is 13.7. The predicted octanol–water partition coefficient (Wildman–Crippen LogP) is 2.03. The van der Waals surface area contributed by atoms with Crippen molar-refractivity contribution in [3.8, 4) is 0 Å². The smallest absolute Gasteiger partial charge is 0.250 e. The number of amides is 1. The Balaban J connectivity index is 1.87. The molecule has 0 unspecified atom stereocenters. The van der Waals surface area contributed by atoms with E-state index in [9.17, 15) is 9.59 Å². The fraction of sp³-hybridized carbons (Fsp3) is 0.600. The summed E-state index contributed by atoms with van der Waals surface area (Å²) in [5.74, 6) is 0.141. The molecule has 0 spiro atoms. The van der Waals surface area contributed by atoms with Gasteiger partial charge in [-0.3, -0.25) is 9.59 Å². The lowest BCUT2D eigenvalue weighted by Crippen LogP contribution is -2.38. The van der Waals surface area contributed by atoms with Crippen LogP contribution in [0.4, 0.5) is 0 Å². The van der Waals surface area contributed by atoms with Crippen LogP contribution in [0.1, 0.15) is 38.5 Å². The van der Waals surface area contributed by atoms with Gasteiger partial charge in [0.15, 0.2) is 0 Å². The van der Waals surface area contributed by atoms with Crippen LogP contribution in [0.5, 0.6) is 0 Å². The standard InChI is InChI=1S/C15H22N2O2/c1-16(13-7-3-2-4-8-13)14(18)10-12-17-11-6-5-9-15(17)19/h5-6,9,11,13H,2-4,7-8,10,12H2,1H3. The molecule has 4 nitrogen and oxygen atoms in total. The lowest BCUT2D eigenvalue weighted by Gasteiger charge is -2.31. The number of rotatable bonds is 4. The van der Waals surface area contributed by atoms with E-state index in [1.165, 1.54) is 25.3 Å². The molecule has 104 valence electrons. The van der Waals surface area contributed by atoms with Crippen LogP contribution in [0.3, 0.4) is 0 Å². The zero-order valence-electron chi connectivity index (χ0n) is 11.5.